The van der Waals surface area contributed by atoms with E-state index in [4.69, 9.17) is 5.73 Å². The first-order valence-corrected chi connectivity index (χ1v) is 17.1. The predicted molar refractivity (Wildman–Crippen MR) is 186 cm³/mol. The van der Waals surface area contributed by atoms with Crippen molar-refractivity contribution in [3.63, 3.8) is 0 Å². The highest BCUT2D eigenvalue weighted by Gasteiger charge is 2.66. The average molecular weight is 719 g/mol. The molecule has 16 heteroatoms. The molecule has 3 aliphatic heterocycles. The Labute approximate surface area is 296 Å². The van der Waals surface area contributed by atoms with Gasteiger partial charge in [-0.3, -0.25) is 24.0 Å². The average Bonchev–Trinajstić information content (AvgIpc) is 3.62. The van der Waals surface area contributed by atoms with Crippen LogP contribution in [0.3, 0.4) is 0 Å². The number of aromatic nitrogens is 1. The summed E-state index contributed by atoms with van der Waals surface area (Å²) < 4.78 is -0.854. The van der Waals surface area contributed by atoms with Gasteiger partial charge in [-0.05, 0) is 74.3 Å². The Morgan fingerprint density at radius 1 is 1.04 bits per heavy atom. The molecular formula is C35H38N6O9S. The molecule has 3 aromatic rings. The van der Waals surface area contributed by atoms with Crippen molar-refractivity contribution >= 4 is 47.0 Å². The van der Waals surface area contributed by atoms with Crippen LogP contribution in [0.4, 0.5) is 5.69 Å². The smallest absolute Gasteiger partial charge is 0.327 e. The fraction of sp³-hybridized carbons (Fsp3) is 0.371. The molecule has 2 aromatic carbocycles. The zero-order valence-electron chi connectivity index (χ0n) is 28.0. The van der Waals surface area contributed by atoms with Crippen LogP contribution in [0.15, 0.2) is 65.5 Å². The molecule has 7 N–H and O–H groups in total. The number of H-pyrrole nitrogens is 1. The summed E-state index contributed by atoms with van der Waals surface area (Å²) in [4.78, 5) is 85.0. The number of hydrogen-bond acceptors (Lipinski definition) is 11. The van der Waals surface area contributed by atoms with Gasteiger partial charge in [-0.1, -0.05) is 24.3 Å². The van der Waals surface area contributed by atoms with Crippen molar-refractivity contribution in [2.45, 2.75) is 74.1 Å². The molecular weight excluding hydrogens is 680 g/mol. The molecule has 0 aliphatic carbocycles. The van der Waals surface area contributed by atoms with Gasteiger partial charge in [0, 0.05) is 22.9 Å². The molecule has 6 atom stereocenters. The highest BCUT2D eigenvalue weighted by molar-refractivity contribution is 8.01. The summed E-state index contributed by atoms with van der Waals surface area (Å²) in [5.74, 6) is -3.53. The van der Waals surface area contributed by atoms with E-state index in [1.807, 2.05) is 0 Å². The number of thioether (sulfide) groups is 1. The molecule has 0 saturated carbocycles. The maximum absolute atomic E-state index is 14.0. The summed E-state index contributed by atoms with van der Waals surface area (Å²) in [6.07, 6.45) is -0.524. The number of amides is 4. The Bertz CT molecular complexity index is 1950. The lowest BCUT2D eigenvalue weighted by atomic mass is 9.94. The summed E-state index contributed by atoms with van der Waals surface area (Å²) in [5, 5.41) is 32.0. The normalized spacial score (nSPS) is 24.0. The Balaban J connectivity index is 1.27. The molecule has 51 heavy (non-hydrogen) atoms. The van der Waals surface area contributed by atoms with Crippen molar-refractivity contribution in [1.82, 2.24) is 20.1 Å². The molecule has 2 unspecified atom stereocenters. The third kappa shape index (κ3) is 6.51. The number of carboxylic acids is 1. The van der Waals surface area contributed by atoms with Crippen LogP contribution in [0.1, 0.15) is 44.4 Å². The number of nitrogens with zero attached hydrogens (tertiary/aromatic N) is 3. The van der Waals surface area contributed by atoms with Crippen LogP contribution >= 0.6 is 11.8 Å². The number of aromatic amines is 1. The quantitative estimate of drug-likeness (QED) is 0.170. The number of β-lactam (4-membered cyclic amide) rings is 1. The number of anilines is 1. The highest BCUT2D eigenvalue weighted by atomic mass is 32.2. The number of hydrogen-bond donors (Lipinski definition) is 6. The number of carboxylic acid groups (broad SMARTS) is 1. The fourth-order valence-corrected chi connectivity index (χ4v) is 8.61. The Kier molecular flexibility index (Phi) is 9.54. The van der Waals surface area contributed by atoms with Gasteiger partial charge in [0.05, 0.1) is 18.3 Å². The second-order valence-corrected chi connectivity index (χ2v) is 15.1. The van der Waals surface area contributed by atoms with Crippen molar-refractivity contribution < 1.29 is 39.3 Å². The summed E-state index contributed by atoms with van der Waals surface area (Å²) in [6, 6.07) is 10.8. The van der Waals surface area contributed by atoms with Crippen molar-refractivity contribution in [3.8, 4) is 17.0 Å². The monoisotopic (exact) mass is 718 g/mol. The number of carbonyl (C=O) groups excluding carboxylic acids is 4. The van der Waals surface area contributed by atoms with E-state index in [0.29, 0.717) is 29.8 Å². The first kappa shape index (κ1) is 35.8. The van der Waals surface area contributed by atoms with Crippen molar-refractivity contribution in [2.24, 2.45) is 5.73 Å². The van der Waals surface area contributed by atoms with E-state index in [9.17, 15) is 44.1 Å². The van der Waals surface area contributed by atoms with Crippen LogP contribution in [0.25, 0.3) is 11.3 Å². The molecule has 15 nitrogen and oxygen atoms in total. The number of pyridine rings is 1. The lowest BCUT2D eigenvalue weighted by molar-refractivity contribution is -0.169. The Morgan fingerprint density at radius 2 is 1.71 bits per heavy atom. The molecule has 6 rings (SSSR count). The van der Waals surface area contributed by atoms with E-state index in [-0.39, 0.29) is 23.5 Å². The number of fused-ring (bicyclic) bond motifs is 1. The molecule has 4 heterocycles. The van der Waals surface area contributed by atoms with Gasteiger partial charge in [0.15, 0.2) is 0 Å². The molecule has 4 amide bonds. The number of aliphatic carboxylic acids is 1. The van der Waals surface area contributed by atoms with Crippen LogP contribution < -0.4 is 21.5 Å². The predicted octanol–water partition coefficient (Wildman–Crippen LogP) is 0.894. The van der Waals surface area contributed by atoms with E-state index in [1.54, 1.807) is 44.2 Å². The molecule has 0 radical (unpaired) electrons. The van der Waals surface area contributed by atoms with Gasteiger partial charge in [-0.2, -0.15) is 0 Å². The van der Waals surface area contributed by atoms with Gasteiger partial charge in [0.1, 0.15) is 35.3 Å². The minimum Gasteiger partial charge on any atom is -0.508 e. The number of phenolic OH excluding ortho intramolecular Hbond substituents is 1. The summed E-state index contributed by atoms with van der Waals surface area (Å²) in [7, 11) is 0. The topological polar surface area (TPSA) is 227 Å². The first-order valence-electron chi connectivity index (χ1n) is 16.3. The number of nitrogens with two attached hydrogens (primary N) is 1. The Hall–Kier alpha value is -5.03. The second-order valence-electron chi connectivity index (χ2n) is 13.3. The summed E-state index contributed by atoms with van der Waals surface area (Å²) in [6.45, 7) is 4.82. The SMILES string of the molecule is CC(=O)N(C(=O)[C@H]1NCCC1O)c1ccc(-c2ccc(CN(C(=O)C(N)c3ccc(O)cc3)[C@@H]3C(=O)N4[C@@H]3SC(C)(C)[C@@H]4C(=O)O)c(=O)[nH]2)cc1. The van der Waals surface area contributed by atoms with Crippen molar-refractivity contribution in [2.75, 3.05) is 11.4 Å². The van der Waals surface area contributed by atoms with Crippen molar-refractivity contribution in [3.05, 3.63) is 82.1 Å². The van der Waals surface area contributed by atoms with Gasteiger partial charge >= 0.3 is 5.97 Å². The number of benzene rings is 2. The fourth-order valence-electron chi connectivity index (χ4n) is 6.91. The maximum atomic E-state index is 14.0. The van der Waals surface area contributed by atoms with Crippen molar-refractivity contribution in [1.29, 1.82) is 0 Å². The number of aromatic hydroxyl groups is 1. The zero-order chi connectivity index (χ0) is 36.9. The molecule has 0 spiro atoms. The number of phenols is 1. The first-order chi connectivity index (χ1) is 24.1. The lowest BCUT2D eigenvalue weighted by Crippen LogP contribution is -2.71. The van der Waals surface area contributed by atoms with Crippen LogP contribution in [0.5, 0.6) is 5.75 Å². The van der Waals surface area contributed by atoms with E-state index in [0.717, 1.165) is 4.90 Å². The van der Waals surface area contributed by atoms with E-state index in [2.05, 4.69) is 10.3 Å². The summed E-state index contributed by atoms with van der Waals surface area (Å²) in [5.41, 5.74) is 7.55. The highest BCUT2D eigenvalue weighted by Crippen LogP contribution is 2.52. The summed E-state index contributed by atoms with van der Waals surface area (Å²) >= 11 is 1.26. The van der Waals surface area contributed by atoms with Gasteiger partial charge in [0.2, 0.25) is 17.7 Å². The number of rotatable bonds is 9. The van der Waals surface area contributed by atoms with Gasteiger partial charge in [-0.15, -0.1) is 11.8 Å². The van der Waals surface area contributed by atoms with Crippen LogP contribution in [0, 0.1) is 0 Å². The molecule has 3 fully saturated rings. The van der Waals surface area contributed by atoms with E-state index < -0.39 is 75.5 Å². The molecule has 3 saturated heterocycles. The van der Waals surface area contributed by atoms with Crippen LogP contribution in [0.2, 0.25) is 0 Å². The number of imide groups is 1. The molecule has 0 bridgehead atoms. The Morgan fingerprint density at radius 3 is 2.27 bits per heavy atom. The van der Waals surface area contributed by atoms with Crippen LogP contribution in [-0.2, 0) is 30.5 Å². The largest absolute Gasteiger partial charge is 0.508 e. The molecule has 3 aliphatic rings. The van der Waals surface area contributed by atoms with E-state index >= 15 is 0 Å². The second kappa shape index (κ2) is 13.6. The maximum Gasteiger partial charge on any atom is 0.327 e. The minimum atomic E-state index is -1.26. The lowest BCUT2D eigenvalue weighted by Gasteiger charge is -2.48. The molecule has 268 valence electrons. The minimum absolute atomic E-state index is 0.0310. The van der Waals surface area contributed by atoms with Gasteiger partial charge in [-0.25, -0.2) is 9.69 Å². The van der Waals surface area contributed by atoms with Crippen LogP contribution in [-0.4, -0.2) is 101 Å². The van der Waals surface area contributed by atoms with E-state index in [1.165, 1.54) is 58.8 Å². The third-order valence-electron chi connectivity index (χ3n) is 9.54. The standard InChI is InChI=1S/C35H38N6O9S/c1-17(42)40(31(47)26-24(44)14-15-37-26)21-9-4-18(5-10-21)23-13-8-20(29(45)38-23)16-39(30(46)25(36)19-6-11-22(43)12-7-19)27-32(48)41-28(34(49)50)35(2,3)51-33(27)41/h4-13,24-28,33,37,43-44H,14-16,36H2,1-3H3,(H,38,45)(H,49,50)/t24?,25?,26-,27+,28-,33+/m0/s1. The zero-order valence-corrected chi connectivity index (χ0v) is 28.8. The third-order valence-corrected chi connectivity index (χ3v) is 11.1. The molecule has 1 aromatic heterocycles. The number of nitrogens with one attached hydrogen (secondary N) is 2. The van der Waals surface area contributed by atoms with Gasteiger partial charge < -0.3 is 41.2 Å². The number of carbonyl (C=O) groups is 5. The van der Waals surface area contributed by atoms with Gasteiger partial charge in [0.25, 0.3) is 11.5 Å². The number of aliphatic hydroxyl groups excluding tert-OH is 1. The number of aliphatic hydroxyl groups is 1.